The van der Waals surface area contributed by atoms with Crippen LogP contribution in [-0.4, -0.2) is 31.3 Å². The molecule has 5 nitrogen and oxygen atoms in total. The van der Waals surface area contributed by atoms with Gasteiger partial charge in [-0.15, -0.1) is 0 Å². The van der Waals surface area contributed by atoms with Gasteiger partial charge in [0.15, 0.2) is 5.60 Å². The number of amides is 1. The summed E-state index contributed by atoms with van der Waals surface area (Å²) < 4.78 is 38.2. The van der Waals surface area contributed by atoms with E-state index >= 15 is 8.78 Å². The molecule has 1 amide bonds. The summed E-state index contributed by atoms with van der Waals surface area (Å²) in [6.45, 7) is 0.829. The lowest BCUT2D eigenvalue weighted by molar-refractivity contribution is -0.117. The van der Waals surface area contributed by atoms with E-state index in [4.69, 9.17) is 16.3 Å². The number of Topliss-reactive ketones (excluding diaryl/α,β-unsaturated/α-hetero) is 1. The number of nitrogens with one attached hydrogen (secondary N) is 2. The first-order valence-corrected chi connectivity index (χ1v) is 12.8. The highest BCUT2D eigenvalue weighted by Crippen LogP contribution is 2.52. The SMILES string of the molecule is CNC(=O)c1cc2c(c(F)c1-c1c(Cl)c(F)cc3c1C[C@](c1ccccc1)([C@@H]1CCCN1)O3)CC(=O)C2. The van der Waals surface area contributed by atoms with Gasteiger partial charge in [-0.2, -0.15) is 0 Å². The van der Waals surface area contributed by atoms with Crippen molar-refractivity contribution in [1.82, 2.24) is 10.6 Å². The maximum atomic E-state index is 16.2. The molecular weight excluding hydrogens is 498 g/mol. The molecule has 3 aromatic carbocycles. The van der Waals surface area contributed by atoms with Crippen LogP contribution in [0.15, 0.2) is 42.5 Å². The molecule has 37 heavy (non-hydrogen) atoms. The zero-order chi connectivity index (χ0) is 25.9. The minimum atomic E-state index is -0.859. The Morgan fingerprint density at radius 3 is 2.62 bits per heavy atom. The fraction of sp³-hybridized carbons (Fsp3) is 0.310. The molecule has 0 unspecified atom stereocenters. The molecule has 2 heterocycles. The second-order valence-electron chi connectivity index (χ2n) is 9.93. The van der Waals surface area contributed by atoms with E-state index in [1.807, 2.05) is 30.3 Å². The average Bonchev–Trinajstić information content (AvgIpc) is 3.64. The first kappa shape index (κ1) is 24.1. The number of fused-ring (bicyclic) bond motifs is 2. The molecule has 2 aliphatic heterocycles. The van der Waals surface area contributed by atoms with Crippen LogP contribution in [0.2, 0.25) is 5.02 Å². The topological polar surface area (TPSA) is 67.4 Å². The van der Waals surface area contributed by atoms with Crippen LogP contribution >= 0.6 is 11.6 Å². The first-order chi connectivity index (χ1) is 17.8. The number of carbonyl (C=O) groups excluding carboxylic acids is 2. The second kappa shape index (κ2) is 8.92. The zero-order valence-corrected chi connectivity index (χ0v) is 21.0. The predicted molar refractivity (Wildman–Crippen MR) is 136 cm³/mol. The summed E-state index contributed by atoms with van der Waals surface area (Å²) in [7, 11) is 1.44. The van der Waals surface area contributed by atoms with Crippen LogP contribution in [0.1, 0.15) is 45.5 Å². The Kier molecular flexibility index (Phi) is 5.81. The van der Waals surface area contributed by atoms with Gasteiger partial charge in [-0.05, 0) is 42.1 Å². The molecule has 8 heteroatoms. The molecule has 0 radical (unpaired) electrons. The van der Waals surface area contributed by atoms with Crippen molar-refractivity contribution >= 4 is 23.3 Å². The van der Waals surface area contributed by atoms with Gasteiger partial charge < -0.3 is 15.4 Å². The van der Waals surface area contributed by atoms with Crippen molar-refractivity contribution in [1.29, 1.82) is 0 Å². The Morgan fingerprint density at radius 2 is 1.92 bits per heavy atom. The van der Waals surface area contributed by atoms with Crippen molar-refractivity contribution < 1.29 is 23.1 Å². The van der Waals surface area contributed by atoms with Crippen LogP contribution in [0.25, 0.3) is 11.1 Å². The van der Waals surface area contributed by atoms with Crippen molar-refractivity contribution in [2.75, 3.05) is 13.6 Å². The highest BCUT2D eigenvalue weighted by molar-refractivity contribution is 6.34. The average molecular weight is 523 g/mol. The van der Waals surface area contributed by atoms with E-state index in [1.165, 1.54) is 19.2 Å². The number of benzene rings is 3. The van der Waals surface area contributed by atoms with E-state index in [0.717, 1.165) is 24.9 Å². The van der Waals surface area contributed by atoms with E-state index in [-0.39, 0.29) is 57.7 Å². The number of ether oxygens (including phenoxy) is 1. The quantitative estimate of drug-likeness (QED) is 0.512. The fourth-order valence-electron chi connectivity index (χ4n) is 6.14. The summed E-state index contributed by atoms with van der Waals surface area (Å²) in [6, 6.07) is 12.4. The summed E-state index contributed by atoms with van der Waals surface area (Å²) in [5.74, 6) is -1.89. The van der Waals surface area contributed by atoms with Crippen molar-refractivity contribution in [3.63, 3.8) is 0 Å². The molecule has 0 saturated carbocycles. The molecule has 0 bridgehead atoms. The van der Waals surface area contributed by atoms with E-state index in [0.29, 0.717) is 17.5 Å². The Bertz CT molecular complexity index is 1450. The Morgan fingerprint density at radius 1 is 1.14 bits per heavy atom. The highest BCUT2D eigenvalue weighted by Gasteiger charge is 2.50. The van der Waals surface area contributed by atoms with Gasteiger partial charge in [0.25, 0.3) is 5.91 Å². The minimum Gasteiger partial charge on any atom is -0.480 e. The number of ketones is 1. The lowest BCUT2D eigenvalue weighted by Crippen LogP contribution is -2.48. The summed E-state index contributed by atoms with van der Waals surface area (Å²) in [5, 5.41) is 5.79. The molecule has 1 fully saturated rings. The van der Waals surface area contributed by atoms with E-state index in [2.05, 4.69) is 10.6 Å². The molecule has 3 aliphatic rings. The minimum absolute atomic E-state index is 0.0133. The van der Waals surface area contributed by atoms with Crippen molar-refractivity contribution in [3.8, 4) is 16.9 Å². The smallest absolute Gasteiger partial charge is 0.251 e. The van der Waals surface area contributed by atoms with Crippen molar-refractivity contribution in [2.45, 2.75) is 43.7 Å². The Balaban J connectivity index is 1.61. The molecule has 6 rings (SSSR count). The standard InChI is InChI=1S/C29H25ClF2N2O3/c1-33-28(36)19-11-15-10-17(35)12-18(15)27(32)25(19)24-20-14-29(23-8-5-9-34-23,16-6-3-2-4-7-16)37-22(20)13-21(31)26(24)30/h2-4,6-7,11,13,23,34H,5,8-10,12,14H2,1H3,(H,33,36)/t23-,29-/m0/s1. The van der Waals surface area contributed by atoms with E-state index in [1.54, 1.807) is 0 Å². The maximum absolute atomic E-state index is 16.2. The van der Waals surface area contributed by atoms with Gasteiger partial charge in [0.05, 0.1) is 16.6 Å². The fourth-order valence-corrected chi connectivity index (χ4v) is 6.41. The molecule has 2 N–H and O–H groups in total. The number of carbonyl (C=O) groups is 2. The van der Waals surface area contributed by atoms with Crippen LogP contribution < -0.4 is 15.4 Å². The van der Waals surface area contributed by atoms with Gasteiger partial charge in [0, 0.05) is 49.1 Å². The highest BCUT2D eigenvalue weighted by atomic mass is 35.5. The molecule has 3 aromatic rings. The van der Waals surface area contributed by atoms with Gasteiger partial charge in [-0.1, -0.05) is 41.9 Å². The third kappa shape index (κ3) is 3.67. The van der Waals surface area contributed by atoms with Gasteiger partial charge in [0.1, 0.15) is 23.2 Å². The van der Waals surface area contributed by atoms with Crippen LogP contribution in [0.4, 0.5) is 8.78 Å². The van der Waals surface area contributed by atoms with E-state index < -0.39 is 23.1 Å². The zero-order valence-electron chi connectivity index (χ0n) is 20.2. The van der Waals surface area contributed by atoms with Gasteiger partial charge >= 0.3 is 0 Å². The molecule has 1 aliphatic carbocycles. The Hall–Kier alpha value is -3.29. The lowest BCUT2D eigenvalue weighted by Gasteiger charge is -2.35. The maximum Gasteiger partial charge on any atom is 0.251 e. The number of halogens is 3. The van der Waals surface area contributed by atoms with Gasteiger partial charge in [-0.25, -0.2) is 8.78 Å². The number of hydrogen-bond donors (Lipinski definition) is 2. The van der Waals surface area contributed by atoms with Crippen LogP contribution in [0, 0.1) is 11.6 Å². The summed E-state index contributed by atoms with van der Waals surface area (Å²) >= 11 is 6.57. The lowest BCUT2D eigenvalue weighted by atomic mass is 9.80. The van der Waals surface area contributed by atoms with Gasteiger partial charge in [-0.3, -0.25) is 9.59 Å². The summed E-state index contributed by atoms with van der Waals surface area (Å²) in [5.41, 5.74) is 1.32. The summed E-state index contributed by atoms with van der Waals surface area (Å²) in [6.07, 6.45) is 2.11. The van der Waals surface area contributed by atoms with Crippen LogP contribution in [-0.2, 0) is 29.7 Å². The molecule has 0 aromatic heterocycles. The van der Waals surface area contributed by atoms with E-state index in [9.17, 15) is 9.59 Å². The molecule has 2 atom stereocenters. The first-order valence-electron chi connectivity index (χ1n) is 12.4. The third-order valence-corrected chi connectivity index (χ3v) is 8.22. The molecule has 1 saturated heterocycles. The predicted octanol–water partition coefficient (Wildman–Crippen LogP) is 4.89. The third-order valence-electron chi connectivity index (χ3n) is 7.85. The van der Waals surface area contributed by atoms with Crippen LogP contribution in [0.5, 0.6) is 5.75 Å². The molecule has 0 spiro atoms. The summed E-state index contributed by atoms with van der Waals surface area (Å²) in [4.78, 5) is 25.1. The van der Waals surface area contributed by atoms with Crippen LogP contribution in [0.3, 0.4) is 0 Å². The number of hydrogen-bond acceptors (Lipinski definition) is 4. The normalized spacial score (nSPS) is 22.1. The molecular formula is C29H25ClF2N2O3. The van der Waals surface area contributed by atoms with Crippen molar-refractivity contribution in [2.24, 2.45) is 0 Å². The largest absolute Gasteiger partial charge is 0.480 e. The molecule has 190 valence electrons. The monoisotopic (exact) mass is 522 g/mol. The van der Waals surface area contributed by atoms with Crippen molar-refractivity contribution in [3.05, 3.63) is 86.9 Å². The number of rotatable bonds is 4. The van der Waals surface area contributed by atoms with Gasteiger partial charge in [0.2, 0.25) is 0 Å². The second-order valence-corrected chi connectivity index (χ2v) is 10.3. The Labute approximate surface area is 218 Å².